The van der Waals surface area contributed by atoms with Crippen molar-refractivity contribution in [3.63, 3.8) is 0 Å². The van der Waals surface area contributed by atoms with Crippen molar-refractivity contribution in [1.82, 2.24) is 0 Å². The van der Waals surface area contributed by atoms with Crippen LogP contribution in [0.5, 0.6) is 0 Å². The maximum atomic E-state index is 3.61. The van der Waals surface area contributed by atoms with Gasteiger partial charge in [-0.15, -0.1) is 0 Å². The molecule has 4 aromatic carbocycles. The average Bonchev–Trinajstić information content (AvgIpc) is 2.93. The second kappa shape index (κ2) is 10.7. The molecule has 0 unspecified atom stereocenters. The number of nitrogens with one attached hydrogen (secondary N) is 1. The van der Waals surface area contributed by atoms with Crippen LogP contribution in [-0.2, 0) is 6.42 Å². The zero-order chi connectivity index (χ0) is 25.8. The van der Waals surface area contributed by atoms with Crippen LogP contribution in [0, 0.1) is 0 Å². The summed E-state index contributed by atoms with van der Waals surface area (Å²) in [4.78, 5) is 2.14. The SMILES string of the molecule is CN(C)c1ccc(C(Cc2ccc(Nc3ccccc3)c3ccccc23)=C2C=CC(=[N+](C)C)C=C2)cc1. The van der Waals surface area contributed by atoms with Crippen LogP contribution in [0.4, 0.5) is 17.1 Å². The van der Waals surface area contributed by atoms with Crippen LogP contribution < -0.4 is 10.2 Å². The van der Waals surface area contributed by atoms with E-state index in [0.717, 1.165) is 17.8 Å². The fourth-order valence-corrected chi connectivity index (χ4v) is 4.78. The number of rotatable bonds is 6. The fourth-order valence-electron chi connectivity index (χ4n) is 4.78. The molecule has 1 N–H and O–H groups in total. The number of anilines is 3. The molecule has 0 spiro atoms. The van der Waals surface area contributed by atoms with Gasteiger partial charge in [-0.2, -0.15) is 0 Å². The van der Waals surface area contributed by atoms with Gasteiger partial charge in [0.15, 0.2) is 5.71 Å². The Kier molecular flexibility index (Phi) is 7.04. The molecule has 0 radical (unpaired) electrons. The quantitative estimate of drug-likeness (QED) is 0.286. The zero-order valence-electron chi connectivity index (χ0n) is 22.1. The first kappa shape index (κ1) is 24.3. The number of benzene rings is 4. The summed E-state index contributed by atoms with van der Waals surface area (Å²) in [7, 11) is 8.32. The summed E-state index contributed by atoms with van der Waals surface area (Å²) in [5.41, 5.74) is 9.76. The minimum absolute atomic E-state index is 0.842. The van der Waals surface area contributed by atoms with E-state index in [2.05, 4.69) is 152 Å². The van der Waals surface area contributed by atoms with Gasteiger partial charge in [-0.25, -0.2) is 4.58 Å². The van der Waals surface area contributed by atoms with Crippen molar-refractivity contribution in [3.05, 3.63) is 132 Å². The van der Waals surface area contributed by atoms with Crippen LogP contribution in [0.3, 0.4) is 0 Å². The first-order valence-corrected chi connectivity index (χ1v) is 12.7. The third-order valence-electron chi connectivity index (χ3n) is 6.90. The predicted octanol–water partition coefficient (Wildman–Crippen LogP) is 7.48. The topological polar surface area (TPSA) is 18.3 Å². The Morgan fingerprint density at radius 3 is 2.00 bits per heavy atom. The van der Waals surface area contributed by atoms with E-state index < -0.39 is 0 Å². The van der Waals surface area contributed by atoms with Crippen molar-refractivity contribution in [3.8, 4) is 0 Å². The lowest BCUT2D eigenvalue weighted by Gasteiger charge is -2.18. The van der Waals surface area contributed by atoms with Crippen LogP contribution in [0.15, 0.2) is 121 Å². The summed E-state index contributed by atoms with van der Waals surface area (Å²) in [6.07, 6.45) is 9.74. The molecule has 0 aliphatic heterocycles. The second-order valence-electron chi connectivity index (χ2n) is 9.85. The van der Waals surface area contributed by atoms with E-state index in [0.29, 0.717) is 0 Å². The molecule has 184 valence electrons. The first-order chi connectivity index (χ1) is 18.0. The minimum Gasteiger partial charge on any atom is -0.378 e. The number of para-hydroxylation sites is 1. The highest BCUT2D eigenvalue weighted by atomic mass is 15.1. The third kappa shape index (κ3) is 5.41. The third-order valence-corrected chi connectivity index (χ3v) is 6.90. The minimum atomic E-state index is 0.842. The normalized spacial score (nSPS) is 12.6. The van der Waals surface area contributed by atoms with Gasteiger partial charge in [-0.1, -0.05) is 60.7 Å². The molecule has 0 amide bonds. The number of hydrogen-bond donors (Lipinski definition) is 1. The monoisotopic (exact) mass is 484 g/mol. The van der Waals surface area contributed by atoms with Crippen molar-refractivity contribution < 1.29 is 4.58 Å². The average molecular weight is 485 g/mol. The summed E-state index contributed by atoms with van der Waals surface area (Å²) >= 11 is 0. The Morgan fingerprint density at radius 2 is 1.35 bits per heavy atom. The number of nitrogens with zero attached hydrogens (tertiary/aromatic N) is 2. The lowest BCUT2D eigenvalue weighted by molar-refractivity contribution is -0.462. The summed E-state index contributed by atoms with van der Waals surface area (Å²) in [5.74, 6) is 0. The predicted molar refractivity (Wildman–Crippen MR) is 160 cm³/mol. The molecule has 1 aliphatic carbocycles. The lowest BCUT2D eigenvalue weighted by Crippen LogP contribution is -2.10. The van der Waals surface area contributed by atoms with Gasteiger partial charge in [0, 0.05) is 48.7 Å². The van der Waals surface area contributed by atoms with Gasteiger partial charge in [-0.3, -0.25) is 0 Å². The van der Waals surface area contributed by atoms with Crippen molar-refractivity contribution in [2.75, 3.05) is 38.4 Å². The summed E-state index contributed by atoms with van der Waals surface area (Å²) < 4.78 is 2.14. The molecule has 37 heavy (non-hydrogen) atoms. The van der Waals surface area contributed by atoms with Crippen molar-refractivity contribution in [2.24, 2.45) is 0 Å². The van der Waals surface area contributed by atoms with E-state index >= 15 is 0 Å². The van der Waals surface area contributed by atoms with Gasteiger partial charge in [-0.05, 0) is 76.6 Å². The molecular formula is C34H34N3+. The van der Waals surface area contributed by atoms with E-state index in [1.165, 1.54) is 44.4 Å². The van der Waals surface area contributed by atoms with E-state index in [9.17, 15) is 0 Å². The number of fused-ring (bicyclic) bond motifs is 1. The van der Waals surface area contributed by atoms with Gasteiger partial charge >= 0.3 is 0 Å². The van der Waals surface area contributed by atoms with E-state index in [1.807, 2.05) is 6.07 Å². The van der Waals surface area contributed by atoms with E-state index in [1.54, 1.807) is 0 Å². The van der Waals surface area contributed by atoms with Gasteiger partial charge in [0.05, 0.1) is 0 Å². The van der Waals surface area contributed by atoms with Gasteiger partial charge in [0.1, 0.15) is 14.1 Å². The molecule has 3 nitrogen and oxygen atoms in total. The van der Waals surface area contributed by atoms with Crippen LogP contribution in [0.2, 0.25) is 0 Å². The van der Waals surface area contributed by atoms with E-state index in [4.69, 9.17) is 0 Å². The molecule has 0 atom stereocenters. The Hall–Kier alpha value is -4.37. The summed E-state index contributed by atoms with van der Waals surface area (Å²) in [5, 5.41) is 6.11. The van der Waals surface area contributed by atoms with Gasteiger partial charge in [0.2, 0.25) is 0 Å². The molecule has 3 heteroatoms. The second-order valence-corrected chi connectivity index (χ2v) is 9.85. The lowest BCUT2D eigenvalue weighted by atomic mass is 9.89. The first-order valence-electron chi connectivity index (χ1n) is 12.7. The highest BCUT2D eigenvalue weighted by molar-refractivity contribution is 6.03. The molecule has 5 rings (SSSR count). The van der Waals surface area contributed by atoms with Crippen LogP contribution in [-0.4, -0.2) is 38.5 Å². The van der Waals surface area contributed by atoms with E-state index in [-0.39, 0.29) is 0 Å². The summed E-state index contributed by atoms with van der Waals surface area (Å²) in [6, 6.07) is 32.5. The molecule has 4 aromatic rings. The smallest absolute Gasteiger partial charge is 0.199 e. The molecule has 0 fully saturated rings. The largest absolute Gasteiger partial charge is 0.378 e. The molecule has 0 saturated heterocycles. The molecule has 0 aromatic heterocycles. The molecule has 1 aliphatic rings. The maximum absolute atomic E-state index is 3.61. The van der Waals surface area contributed by atoms with Gasteiger partial charge in [0.25, 0.3) is 0 Å². The maximum Gasteiger partial charge on any atom is 0.199 e. The molecule has 0 saturated carbocycles. The number of hydrogen-bond acceptors (Lipinski definition) is 2. The van der Waals surface area contributed by atoms with Crippen molar-refractivity contribution in [1.29, 1.82) is 0 Å². The van der Waals surface area contributed by atoms with Crippen LogP contribution >= 0.6 is 0 Å². The Bertz CT molecular complexity index is 1510. The standard InChI is InChI=1S/C34H34N3/c1-36(2)29-19-14-25(15-20-29)33(26-16-21-30(22-17-26)37(3)4)24-27-18-23-34(32-13-9-8-12-31(27)32)35-28-10-6-5-7-11-28/h5-23,35H,24H2,1-4H3/q+1. The molecular weight excluding hydrogens is 450 g/mol. The van der Waals surface area contributed by atoms with Crippen LogP contribution in [0.1, 0.15) is 11.1 Å². The highest BCUT2D eigenvalue weighted by Gasteiger charge is 2.15. The number of allylic oxidation sites excluding steroid dienone is 6. The van der Waals surface area contributed by atoms with Gasteiger partial charge < -0.3 is 10.2 Å². The Labute approximate surface area is 220 Å². The Morgan fingerprint density at radius 1 is 0.703 bits per heavy atom. The van der Waals surface area contributed by atoms with Crippen molar-refractivity contribution in [2.45, 2.75) is 6.42 Å². The Balaban J connectivity index is 1.58. The summed E-state index contributed by atoms with van der Waals surface area (Å²) in [6.45, 7) is 0. The van der Waals surface area contributed by atoms with Crippen molar-refractivity contribution >= 4 is 39.1 Å². The highest BCUT2D eigenvalue weighted by Crippen LogP contribution is 2.34. The zero-order valence-corrected chi connectivity index (χ0v) is 22.1. The van der Waals surface area contributed by atoms with Crippen LogP contribution in [0.25, 0.3) is 16.3 Å². The molecule has 0 heterocycles. The molecule has 0 bridgehead atoms. The fraction of sp³-hybridized carbons (Fsp3) is 0.147.